The van der Waals surface area contributed by atoms with Crippen molar-refractivity contribution in [3.05, 3.63) is 111 Å². The standard InChI is InChI=1S/C29H22Cl3NO6/c30-16-11-24(31)27(25(32)12-16)37-14-18-10-9-17(39-18)13-26(28(34)35)33-29(36)38-15-23-21-7-3-1-5-19(21)20-6-2-4-8-22(20)23/h1-12,23,26H,13-15H2,(H,33,36)(H,34,35). The Morgan fingerprint density at radius 1 is 0.897 bits per heavy atom. The largest absolute Gasteiger partial charge is 0.483 e. The summed E-state index contributed by atoms with van der Waals surface area (Å²) in [4.78, 5) is 24.5. The number of benzene rings is 3. The third kappa shape index (κ3) is 6.01. The third-order valence-electron chi connectivity index (χ3n) is 6.38. The fourth-order valence-electron chi connectivity index (χ4n) is 4.60. The number of nitrogens with one attached hydrogen (secondary N) is 1. The lowest BCUT2D eigenvalue weighted by Gasteiger charge is -2.17. The first-order chi connectivity index (χ1) is 18.8. The molecule has 0 spiro atoms. The van der Waals surface area contributed by atoms with Crippen LogP contribution in [0.4, 0.5) is 4.79 Å². The van der Waals surface area contributed by atoms with Gasteiger partial charge in [-0.15, -0.1) is 0 Å². The lowest BCUT2D eigenvalue weighted by Crippen LogP contribution is -2.42. The van der Waals surface area contributed by atoms with Gasteiger partial charge in [0.2, 0.25) is 0 Å². The van der Waals surface area contributed by atoms with Crippen LogP contribution in [-0.2, 0) is 22.6 Å². The fourth-order valence-corrected chi connectivity index (χ4v) is 5.53. The summed E-state index contributed by atoms with van der Waals surface area (Å²) in [5.41, 5.74) is 4.33. The number of ether oxygens (including phenoxy) is 2. The maximum absolute atomic E-state index is 12.6. The minimum Gasteiger partial charge on any atom is -0.483 e. The lowest BCUT2D eigenvalue weighted by molar-refractivity contribution is -0.139. The molecule has 1 aromatic heterocycles. The molecule has 5 rings (SSSR count). The number of amides is 1. The highest BCUT2D eigenvalue weighted by molar-refractivity contribution is 6.40. The van der Waals surface area contributed by atoms with Crippen molar-refractivity contribution in [1.29, 1.82) is 0 Å². The number of rotatable bonds is 9. The number of hydrogen-bond donors (Lipinski definition) is 2. The Labute approximate surface area is 239 Å². The number of furan rings is 1. The summed E-state index contributed by atoms with van der Waals surface area (Å²) in [6.45, 7) is 0.0723. The minimum absolute atomic E-state index is 0.00137. The van der Waals surface area contributed by atoms with Crippen molar-refractivity contribution in [2.75, 3.05) is 6.61 Å². The molecule has 0 saturated carbocycles. The summed E-state index contributed by atoms with van der Waals surface area (Å²) < 4.78 is 16.8. The van der Waals surface area contributed by atoms with Crippen LogP contribution in [-0.4, -0.2) is 29.8 Å². The summed E-state index contributed by atoms with van der Waals surface area (Å²) >= 11 is 18.2. The second-order valence-corrected chi connectivity index (χ2v) is 10.2. The summed E-state index contributed by atoms with van der Waals surface area (Å²) in [6, 6.07) is 20.9. The molecule has 2 N–H and O–H groups in total. The Hall–Kier alpha value is -3.65. The van der Waals surface area contributed by atoms with E-state index in [9.17, 15) is 14.7 Å². The molecule has 7 nitrogen and oxygen atoms in total. The lowest BCUT2D eigenvalue weighted by atomic mass is 9.98. The van der Waals surface area contributed by atoms with Gasteiger partial charge in [-0.05, 0) is 46.5 Å². The molecule has 1 amide bonds. The van der Waals surface area contributed by atoms with Crippen LogP contribution in [0.5, 0.6) is 5.75 Å². The molecule has 200 valence electrons. The first kappa shape index (κ1) is 26.9. The quantitative estimate of drug-likeness (QED) is 0.213. The molecule has 3 aromatic carbocycles. The number of fused-ring (bicyclic) bond motifs is 3. The van der Waals surface area contributed by atoms with E-state index in [2.05, 4.69) is 5.32 Å². The van der Waals surface area contributed by atoms with Crippen LogP contribution < -0.4 is 10.1 Å². The first-order valence-electron chi connectivity index (χ1n) is 12.0. The molecule has 1 aliphatic rings. The van der Waals surface area contributed by atoms with Crippen LogP contribution in [0.2, 0.25) is 15.1 Å². The number of carbonyl (C=O) groups is 2. The summed E-state index contributed by atoms with van der Waals surface area (Å²) in [7, 11) is 0. The third-order valence-corrected chi connectivity index (χ3v) is 7.16. The number of carboxylic acid groups (broad SMARTS) is 1. The van der Waals surface area contributed by atoms with E-state index in [0.29, 0.717) is 16.5 Å². The van der Waals surface area contributed by atoms with E-state index in [4.69, 9.17) is 48.7 Å². The van der Waals surface area contributed by atoms with E-state index in [1.807, 2.05) is 48.5 Å². The fraction of sp³-hybridized carbons (Fsp3) is 0.172. The van der Waals surface area contributed by atoms with Crippen molar-refractivity contribution < 1.29 is 28.6 Å². The van der Waals surface area contributed by atoms with Crippen LogP contribution in [0.25, 0.3) is 11.1 Å². The zero-order valence-corrected chi connectivity index (χ0v) is 22.6. The zero-order chi connectivity index (χ0) is 27.5. The molecule has 1 atom stereocenters. The molecule has 0 saturated heterocycles. The molecule has 39 heavy (non-hydrogen) atoms. The van der Waals surface area contributed by atoms with Gasteiger partial charge in [0, 0.05) is 17.4 Å². The number of alkyl carbamates (subject to hydrolysis) is 1. The van der Waals surface area contributed by atoms with Crippen molar-refractivity contribution in [3.63, 3.8) is 0 Å². The molecule has 1 unspecified atom stereocenters. The van der Waals surface area contributed by atoms with Crippen molar-refractivity contribution in [3.8, 4) is 16.9 Å². The van der Waals surface area contributed by atoms with Crippen LogP contribution in [0.3, 0.4) is 0 Å². The molecule has 1 aliphatic carbocycles. The SMILES string of the molecule is O=C(NC(Cc1ccc(COc2c(Cl)cc(Cl)cc2Cl)o1)C(=O)O)OCC1c2ccccc2-c2ccccc21. The van der Waals surface area contributed by atoms with E-state index >= 15 is 0 Å². The van der Waals surface area contributed by atoms with E-state index in [-0.39, 0.29) is 41.3 Å². The molecule has 4 aromatic rings. The van der Waals surface area contributed by atoms with Crippen molar-refractivity contribution >= 4 is 46.9 Å². The van der Waals surface area contributed by atoms with Gasteiger partial charge in [-0.3, -0.25) is 0 Å². The summed E-state index contributed by atoms with van der Waals surface area (Å²) in [6.07, 6.45) is -0.923. The van der Waals surface area contributed by atoms with Gasteiger partial charge in [-0.1, -0.05) is 83.3 Å². The highest BCUT2D eigenvalue weighted by Gasteiger charge is 2.30. The monoisotopic (exact) mass is 585 g/mol. The van der Waals surface area contributed by atoms with E-state index in [1.54, 1.807) is 12.1 Å². The zero-order valence-electron chi connectivity index (χ0n) is 20.3. The molecular weight excluding hydrogens is 565 g/mol. The predicted molar refractivity (Wildman–Crippen MR) is 148 cm³/mol. The van der Waals surface area contributed by atoms with Crippen LogP contribution >= 0.6 is 34.8 Å². The Morgan fingerprint density at radius 2 is 1.49 bits per heavy atom. The van der Waals surface area contributed by atoms with E-state index in [0.717, 1.165) is 22.3 Å². The van der Waals surface area contributed by atoms with Gasteiger partial charge in [-0.2, -0.15) is 0 Å². The molecular formula is C29H22Cl3NO6. The summed E-state index contributed by atoms with van der Waals surface area (Å²) in [5, 5.41) is 13.0. The van der Waals surface area contributed by atoms with Gasteiger partial charge in [-0.25, -0.2) is 9.59 Å². The maximum Gasteiger partial charge on any atom is 0.407 e. The molecule has 0 bridgehead atoms. The van der Waals surface area contributed by atoms with Gasteiger partial charge in [0.15, 0.2) is 5.75 Å². The highest BCUT2D eigenvalue weighted by Crippen LogP contribution is 2.44. The van der Waals surface area contributed by atoms with Crippen LogP contribution in [0, 0.1) is 0 Å². The highest BCUT2D eigenvalue weighted by atomic mass is 35.5. The van der Waals surface area contributed by atoms with Gasteiger partial charge in [0.25, 0.3) is 0 Å². The molecule has 10 heteroatoms. The number of carbonyl (C=O) groups excluding carboxylic acids is 1. The van der Waals surface area contributed by atoms with Crippen molar-refractivity contribution in [2.24, 2.45) is 0 Å². The van der Waals surface area contributed by atoms with Gasteiger partial charge in [0.1, 0.15) is 30.8 Å². The smallest absolute Gasteiger partial charge is 0.407 e. The van der Waals surface area contributed by atoms with Crippen molar-refractivity contribution in [1.82, 2.24) is 5.32 Å². The number of hydrogen-bond acceptors (Lipinski definition) is 5. The normalized spacial score (nSPS) is 12.9. The predicted octanol–water partition coefficient (Wildman–Crippen LogP) is 7.35. The Kier molecular flexibility index (Phi) is 8.02. The van der Waals surface area contributed by atoms with E-state index < -0.39 is 18.1 Å². The molecule has 1 heterocycles. The van der Waals surface area contributed by atoms with Crippen molar-refractivity contribution in [2.45, 2.75) is 25.0 Å². The maximum atomic E-state index is 12.6. The molecule has 0 fully saturated rings. The Balaban J connectivity index is 1.18. The number of halogens is 3. The second kappa shape index (κ2) is 11.6. The average molecular weight is 587 g/mol. The van der Waals surface area contributed by atoms with Crippen LogP contribution in [0.15, 0.2) is 77.2 Å². The number of carboxylic acids is 1. The van der Waals surface area contributed by atoms with Crippen LogP contribution in [0.1, 0.15) is 28.6 Å². The van der Waals surface area contributed by atoms with E-state index in [1.165, 1.54) is 12.1 Å². The second-order valence-electron chi connectivity index (χ2n) is 8.92. The first-order valence-corrected chi connectivity index (χ1v) is 13.1. The number of aliphatic carboxylic acids is 1. The molecule has 0 radical (unpaired) electrons. The summed E-state index contributed by atoms with van der Waals surface area (Å²) in [5.74, 6) is -0.356. The van der Waals surface area contributed by atoms with Gasteiger partial charge >= 0.3 is 12.1 Å². The van der Waals surface area contributed by atoms with Gasteiger partial charge in [0.05, 0.1) is 10.0 Å². The Morgan fingerprint density at radius 3 is 2.10 bits per heavy atom. The topological polar surface area (TPSA) is 98.0 Å². The molecule has 0 aliphatic heterocycles. The minimum atomic E-state index is -1.26. The Bertz CT molecular complexity index is 1470. The average Bonchev–Trinajstić information content (AvgIpc) is 3.48. The van der Waals surface area contributed by atoms with Gasteiger partial charge < -0.3 is 24.3 Å².